The van der Waals surface area contributed by atoms with Crippen LogP contribution in [0, 0.1) is 6.92 Å². The number of amides is 1. The molecule has 3 rings (SSSR count). The number of hydrogen-bond acceptors (Lipinski definition) is 3. The zero-order valence-electron chi connectivity index (χ0n) is 18.6. The fraction of sp³-hybridized carbons (Fsp3) is 0.375. The average molecular weight is 421 g/mol. The number of hydrogen-bond donors (Lipinski definition) is 3. The molecule has 0 aliphatic heterocycles. The van der Waals surface area contributed by atoms with E-state index in [0.717, 1.165) is 62.0 Å². The molecule has 2 aromatic carbocycles. The summed E-state index contributed by atoms with van der Waals surface area (Å²) in [5, 5.41) is 9.49. The van der Waals surface area contributed by atoms with E-state index in [0.29, 0.717) is 0 Å². The summed E-state index contributed by atoms with van der Waals surface area (Å²) < 4.78 is 2.26. The van der Waals surface area contributed by atoms with E-state index in [1.54, 1.807) is 0 Å². The molecule has 7 heteroatoms. The number of para-hydroxylation sites is 2. The molecule has 3 aromatic rings. The highest BCUT2D eigenvalue weighted by molar-refractivity contribution is 5.88. The topological polar surface area (TPSA) is 83.3 Å². The zero-order chi connectivity index (χ0) is 22.1. The van der Waals surface area contributed by atoms with Crippen molar-refractivity contribution in [1.29, 1.82) is 0 Å². The number of benzene rings is 2. The lowest BCUT2D eigenvalue weighted by atomic mass is 10.1. The number of carbonyl (C=O) groups is 1. The molecule has 0 radical (unpaired) electrons. The molecule has 164 valence electrons. The van der Waals surface area contributed by atoms with Gasteiger partial charge in [0.1, 0.15) is 5.82 Å². The third-order valence-electron chi connectivity index (χ3n) is 4.98. The minimum atomic E-state index is -0.0581. The van der Waals surface area contributed by atoms with Crippen molar-refractivity contribution in [2.45, 2.75) is 40.2 Å². The third-order valence-corrected chi connectivity index (χ3v) is 4.98. The van der Waals surface area contributed by atoms with Crippen molar-refractivity contribution < 1.29 is 4.79 Å². The highest BCUT2D eigenvalue weighted by Crippen LogP contribution is 2.15. The van der Waals surface area contributed by atoms with Gasteiger partial charge >= 0.3 is 0 Å². The van der Waals surface area contributed by atoms with Gasteiger partial charge in [0.15, 0.2) is 5.96 Å². The first-order valence-electron chi connectivity index (χ1n) is 10.9. The molecule has 31 heavy (non-hydrogen) atoms. The first kappa shape index (κ1) is 22.3. The van der Waals surface area contributed by atoms with Crippen molar-refractivity contribution in [2.75, 3.05) is 25.0 Å². The van der Waals surface area contributed by atoms with Crippen LogP contribution in [0.4, 0.5) is 5.69 Å². The number of anilines is 1. The van der Waals surface area contributed by atoms with Gasteiger partial charge in [0, 0.05) is 38.8 Å². The lowest BCUT2D eigenvalue weighted by Gasteiger charge is -2.12. The molecule has 0 atom stereocenters. The van der Waals surface area contributed by atoms with E-state index in [9.17, 15) is 4.79 Å². The molecule has 0 aliphatic carbocycles. The Kier molecular flexibility index (Phi) is 8.04. The fourth-order valence-corrected chi connectivity index (χ4v) is 3.52. The maximum atomic E-state index is 11.1. The van der Waals surface area contributed by atoms with Crippen molar-refractivity contribution in [3.8, 4) is 0 Å². The van der Waals surface area contributed by atoms with Crippen LogP contribution >= 0.6 is 0 Å². The van der Waals surface area contributed by atoms with E-state index in [1.165, 1.54) is 18.0 Å². The predicted molar refractivity (Wildman–Crippen MR) is 128 cm³/mol. The summed E-state index contributed by atoms with van der Waals surface area (Å²) in [7, 11) is 0. The molecule has 0 aliphatic rings. The van der Waals surface area contributed by atoms with Gasteiger partial charge < -0.3 is 20.5 Å². The van der Waals surface area contributed by atoms with Crippen LogP contribution in [-0.4, -0.2) is 41.1 Å². The second-order valence-corrected chi connectivity index (χ2v) is 7.47. The van der Waals surface area contributed by atoms with E-state index in [1.807, 2.05) is 30.3 Å². The fourth-order valence-electron chi connectivity index (χ4n) is 3.52. The van der Waals surface area contributed by atoms with Crippen LogP contribution in [0.5, 0.6) is 0 Å². The highest BCUT2D eigenvalue weighted by Gasteiger charge is 2.06. The summed E-state index contributed by atoms with van der Waals surface area (Å²) in [4.78, 5) is 20.5. The number of fused-ring (bicyclic) bond motifs is 1. The van der Waals surface area contributed by atoms with Crippen molar-refractivity contribution in [3.05, 3.63) is 59.9 Å². The molecule has 1 heterocycles. The Bertz CT molecular complexity index is 1020. The SMILES string of the molecule is CCNC(=NCCCn1c(C)nc2ccccc21)NCCc1ccc(NC(C)=O)cc1. The van der Waals surface area contributed by atoms with Gasteiger partial charge in [0.05, 0.1) is 11.0 Å². The maximum absolute atomic E-state index is 11.1. The summed E-state index contributed by atoms with van der Waals surface area (Å²) in [6.45, 7) is 8.89. The van der Waals surface area contributed by atoms with Gasteiger partial charge in [-0.2, -0.15) is 0 Å². The van der Waals surface area contributed by atoms with Crippen molar-refractivity contribution in [3.63, 3.8) is 0 Å². The monoisotopic (exact) mass is 420 g/mol. The average Bonchev–Trinajstić information content (AvgIpc) is 3.07. The zero-order valence-corrected chi connectivity index (χ0v) is 18.6. The number of carbonyl (C=O) groups excluding carboxylic acids is 1. The second kappa shape index (κ2) is 11.2. The Labute approximate surface area is 184 Å². The number of nitrogens with zero attached hydrogens (tertiary/aromatic N) is 3. The van der Waals surface area contributed by atoms with Crippen LogP contribution in [0.25, 0.3) is 11.0 Å². The number of guanidine groups is 1. The Morgan fingerprint density at radius 3 is 2.61 bits per heavy atom. The maximum Gasteiger partial charge on any atom is 0.221 e. The van der Waals surface area contributed by atoms with E-state index in [2.05, 4.69) is 57.5 Å². The summed E-state index contributed by atoms with van der Waals surface area (Å²) >= 11 is 0. The smallest absolute Gasteiger partial charge is 0.221 e. The molecule has 0 bridgehead atoms. The molecule has 0 fully saturated rings. The molecular weight excluding hydrogens is 388 g/mol. The van der Waals surface area contributed by atoms with Crippen molar-refractivity contribution in [1.82, 2.24) is 20.2 Å². The Morgan fingerprint density at radius 2 is 1.87 bits per heavy atom. The summed E-state index contributed by atoms with van der Waals surface area (Å²) in [6.07, 6.45) is 1.83. The van der Waals surface area contributed by atoms with E-state index in [4.69, 9.17) is 4.99 Å². The van der Waals surface area contributed by atoms with Gasteiger partial charge in [-0.25, -0.2) is 4.98 Å². The van der Waals surface area contributed by atoms with Gasteiger partial charge in [0.2, 0.25) is 5.91 Å². The predicted octanol–water partition coefficient (Wildman–Crippen LogP) is 3.49. The number of aliphatic imine (C=N–C) groups is 1. The summed E-state index contributed by atoms with van der Waals surface area (Å²) in [5.74, 6) is 1.82. The van der Waals surface area contributed by atoms with Crippen LogP contribution in [0.1, 0.15) is 31.7 Å². The first-order chi connectivity index (χ1) is 15.1. The Balaban J connectivity index is 1.47. The standard InChI is InChI=1S/C24H32N6O/c1-4-25-24(27-16-14-20-10-12-21(13-11-20)29-19(3)31)26-15-7-17-30-18(2)28-22-8-5-6-9-23(22)30/h5-6,8-13H,4,7,14-17H2,1-3H3,(H,29,31)(H2,25,26,27). The number of aromatic nitrogens is 2. The molecule has 1 amide bonds. The van der Waals surface area contributed by atoms with Gasteiger partial charge in [0.25, 0.3) is 0 Å². The normalized spacial score (nSPS) is 11.5. The molecule has 0 saturated heterocycles. The van der Waals surface area contributed by atoms with Crippen LogP contribution < -0.4 is 16.0 Å². The lowest BCUT2D eigenvalue weighted by molar-refractivity contribution is -0.114. The quantitative estimate of drug-likeness (QED) is 0.281. The molecule has 1 aromatic heterocycles. The number of imidazole rings is 1. The van der Waals surface area contributed by atoms with Crippen LogP contribution in [0.3, 0.4) is 0 Å². The largest absolute Gasteiger partial charge is 0.357 e. The number of aryl methyl sites for hydroxylation is 2. The Morgan fingerprint density at radius 1 is 1.10 bits per heavy atom. The highest BCUT2D eigenvalue weighted by atomic mass is 16.1. The number of rotatable bonds is 9. The number of nitrogens with one attached hydrogen (secondary N) is 3. The van der Waals surface area contributed by atoms with Gasteiger partial charge in [-0.15, -0.1) is 0 Å². The van der Waals surface area contributed by atoms with E-state index < -0.39 is 0 Å². The van der Waals surface area contributed by atoms with E-state index in [-0.39, 0.29) is 5.91 Å². The van der Waals surface area contributed by atoms with Crippen LogP contribution in [0.15, 0.2) is 53.5 Å². The van der Waals surface area contributed by atoms with Gasteiger partial charge in [-0.1, -0.05) is 24.3 Å². The molecule has 3 N–H and O–H groups in total. The second-order valence-electron chi connectivity index (χ2n) is 7.47. The molecule has 0 saturated carbocycles. The minimum absolute atomic E-state index is 0.0581. The van der Waals surface area contributed by atoms with Crippen molar-refractivity contribution >= 4 is 28.6 Å². The minimum Gasteiger partial charge on any atom is -0.357 e. The molecule has 0 unspecified atom stereocenters. The van der Waals surface area contributed by atoms with E-state index >= 15 is 0 Å². The van der Waals surface area contributed by atoms with Crippen LogP contribution in [-0.2, 0) is 17.8 Å². The summed E-state index contributed by atoms with van der Waals surface area (Å²) in [5.41, 5.74) is 4.25. The van der Waals surface area contributed by atoms with Crippen molar-refractivity contribution in [2.24, 2.45) is 4.99 Å². The molecule has 7 nitrogen and oxygen atoms in total. The lowest BCUT2D eigenvalue weighted by Crippen LogP contribution is -2.38. The first-order valence-corrected chi connectivity index (χ1v) is 10.9. The molecule has 0 spiro atoms. The van der Waals surface area contributed by atoms with Gasteiger partial charge in [-0.3, -0.25) is 9.79 Å². The third kappa shape index (κ3) is 6.57. The van der Waals surface area contributed by atoms with Crippen LogP contribution in [0.2, 0.25) is 0 Å². The Hall–Kier alpha value is -3.35. The molecular formula is C24H32N6O. The summed E-state index contributed by atoms with van der Waals surface area (Å²) in [6, 6.07) is 16.2. The van der Waals surface area contributed by atoms with Gasteiger partial charge in [-0.05, 0) is 56.5 Å².